The average Bonchev–Trinajstić information content (AvgIpc) is 2.05. The Balaban J connectivity index is 2.48. The molecule has 1 heteroatoms. The molecule has 1 rings (SSSR count). The fraction of sp³-hybridized carbons (Fsp3) is 0.600. The van der Waals surface area contributed by atoms with Crippen LogP contribution >= 0.6 is 0 Å². The van der Waals surface area contributed by atoms with Crippen LogP contribution in [0.1, 0.15) is 20.8 Å². The van der Waals surface area contributed by atoms with Gasteiger partial charge in [0.1, 0.15) is 0 Å². The maximum absolute atomic E-state index is 3.33. The molecule has 0 spiro atoms. The summed E-state index contributed by atoms with van der Waals surface area (Å²) in [5, 5.41) is 3.33. The molecule has 62 valence electrons. The van der Waals surface area contributed by atoms with Crippen molar-refractivity contribution < 1.29 is 0 Å². The summed E-state index contributed by atoms with van der Waals surface area (Å²) in [4.78, 5) is 0. The first kappa shape index (κ1) is 8.38. The van der Waals surface area contributed by atoms with E-state index in [4.69, 9.17) is 0 Å². The van der Waals surface area contributed by atoms with Crippen LogP contribution < -0.4 is 5.32 Å². The van der Waals surface area contributed by atoms with Crippen LogP contribution in [-0.2, 0) is 0 Å². The van der Waals surface area contributed by atoms with Gasteiger partial charge in [0.2, 0.25) is 0 Å². The summed E-state index contributed by atoms with van der Waals surface area (Å²) in [7, 11) is 0. The average molecular weight is 151 g/mol. The van der Waals surface area contributed by atoms with Crippen LogP contribution in [0.25, 0.3) is 0 Å². The van der Waals surface area contributed by atoms with E-state index >= 15 is 0 Å². The zero-order valence-electron chi connectivity index (χ0n) is 7.54. The molecule has 1 N–H and O–H groups in total. The third-order valence-corrected chi connectivity index (χ3v) is 2.43. The second-order valence-corrected chi connectivity index (χ2v) is 3.54. The van der Waals surface area contributed by atoms with Gasteiger partial charge < -0.3 is 5.32 Å². The lowest BCUT2D eigenvalue weighted by Gasteiger charge is -2.25. The summed E-state index contributed by atoms with van der Waals surface area (Å²) in [5.74, 6) is 1.44. The molecule has 0 fully saturated rings. The fourth-order valence-corrected chi connectivity index (χ4v) is 1.20. The molecular formula is C10H17N. The lowest BCUT2D eigenvalue weighted by molar-refractivity contribution is 0.357. The van der Waals surface area contributed by atoms with Crippen LogP contribution in [0, 0.1) is 11.8 Å². The molecule has 1 unspecified atom stereocenters. The molecule has 0 aromatic carbocycles. The third-order valence-electron chi connectivity index (χ3n) is 2.43. The van der Waals surface area contributed by atoms with Gasteiger partial charge in [-0.05, 0) is 24.1 Å². The van der Waals surface area contributed by atoms with Gasteiger partial charge in [-0.2, -0.15) is 0 Å². The number of allylic oxidation sites excluding steroid dienone is 2. The molecule has 0 amide bonds. The molecule has 2 atom stereocenters. The van der Waals surface area contributed by atoms with Crippen molar-refractivity contribution in [3.63, 3.8) is 0 Å². The molecule has 0 saturated heterocycles. The van der Waals surface area contributed by atoms with Gasteiger partial charge >= 0.3 is 0 Å². The van der Waals surface area contributed by atoms with Crippen molar-refractivity contribution in [2.24, 2.45) is 11.8 Å². The molecule has 0 saturated carbocycles. The molecule has 0 bridgehead atoms. The highest BCUT2D eigenvalue weighted by Crippen LogP contribution is 2.16. The van der Waals surface area contributed by atoms with E-state index in [0.717, 1.165) is 5.92 Å². The predicted octanol–water partition coefficient (Wildman–Crippen LogP) is 2.32. The van der Waals surface area contributed by atoms with Gasteiger partial charge in [-0.25, -0.2) is 0 Å². The van der Waals surface area contributed by atoms with Crippen LogP contribution in [0.3, 0.4) is 0 Å². The second-order valence-electron chi connectivity index (χ2n) is 3.54. The van der Waals surface area contributed by atoms with E-state index in [1.807, 2.05) is 12.3 Å². The first-order valence-corrected chi connectivity index (χ1v) is 4.31. The van der Waals surface area contributed by atoms with Crippen LogP contribution in [0.2, 0.25) is 0 Å². The number of rotatable bonds is 2. The topological polar surface area (TPSA) is 12.0 Å². The number of nitrogens with one attached hydrogen (secondary N) is 1. The Labute approximate surface area is 69.2 Å². The first-order valence-electron chi connectivity index (χ1n) is 4.31. The predicted molar refractivity (Wildman–Crippen MR) is 49.2 cm³/mol. The fourth-order valence-electron chi connectivity index (χ4n) is 1.20. The van der Waals surface area contributed by atoms with E-state index in [1.165, 1.54) is 0 Å². The van der Waals surface area contributed by atoms with E-state index in [0.29, 0.717) is 12.0 Å². The van der Waals surface area contributed by atoms with Crippen LogP contribution in [0.4, 0.5) is 0 Å². The maximum Gasteiger partial charge on any atom is 0.0470 e. The quantitative estimate of drug-likeness (QED) is 0.638. The van der Waals surface area contributed by atoms with Crippen molar-refractivity contribution in [1.29, 1.82) is 0 Å². The van der Waals surface area contributed by atoms with Crippen molar-refractivity contribution >= 4 is 0 Å². The molecule has 0 aromatic rings. The van der Waals surface area contributed by atoms with Crippen LogP contribution in [-0.4, -0.2) is 6.04 Å². The minimum Gasteiger partial charge on any atom is -0.384 e. The summed E-state index contributed by atoms with van der Waals surface area (Å²) in [6.45, 7) is 6.81. The smallest absolute Gasteiger partial charge is 0.0470 e. The standard InChI is InChI=1S/C10H17N/c1-8(2)9(3)10-6-4-5-7-11-10/h4-11H,1-3H3/t9-,10?/m1/s1. The minimum absolute atomic E-state index is 0.528. The Morgan fingerprint density at radius 1 is 1.18 bits per heavy atom. The van der Waals surface area contributed by atoms with E-state index in [1.54, 1.807) is 0 Å². The maximum atomic E-state index is 3.33. The van der Waals surface area contributed by atoms with Crippen molar-refractivity contribution in [2.45, 2.75) is 26.8 Å². The van der Waals surface area contributed by atoms with E-state index < -0.39 is 0 Å². The van der Waals surface area contributed by atoms with E-state index in [2.05, 4.69) is 38.2 Å². The van der Waals surface area contributed by atoms with Crippen LogP contribution in [0.5, 0.6) is 0 Å². The summed E-state index contributed by atoms with van der Waals surface area (Å²) in [6.07, 6.45) is 8.39. The molecule has 1 nitrogen and oxygen atoms in total. The Morgan fingerprint density at radius 2 is 1.91 bits per heavy atom. The normalized spacial score (nSPS) is 25.3. The van der Waals surface area contributed by atoms with E-state index in [9.17, 15) is 0 Å². The molecular weight excluding hydrogens is 134 g/mol. The molecule has 11 heavy (non-hydrogen) atoms. The van der Waals surface area contributed by atoms with Gasteiger partial charge in [0, 0.05) is 6.04 Å². The number of hydrogen-bond acceptors (Lipinski definition) is 1. The Morgan fingerprint density at radius 3 is 2.36 bits per heavy atom. The highest BCUT2D eigenvalue weighted by Gasteiger charge is 2.16. The second kappa shape index (κ2) is 3.61. The summed E-state index contributed by atoms with van der Waals surface area (Å²) in [6, 6.07) is 0.528. The summed E-state index contributed by atoms with van der Waals surface area (Å²) in [5.41, 5.74) is 0. The van der Waals surface area contributed by atoms with Crippen LogP contribution in [0.15, 0.2) is 24.4 Å². The minimum atomic E-state index is 0.528. The van der Waals surface area contributed by atoms with Crippen molar-refractivity contribution in [3.05, 3.63) is 24.4 Å². The molecule has 1 aliphatic heterocycles. The highest BCUT2D eigenvalue weighted by molar-refractivity contribution is 5.13. The highest BCUT2D eigenvalue weighted by atomic mass is 14.9. The Hall–Kier alpha value is -0.720. The molecule has 0 radical (unpaired) electrons. The van der Waals surface area contributed by atoms with Crippen molar-refractivity contribution in [1.82, 2.24) is 5.32 Å². The van der Waals surface area contributed by atoms with Crippen molar-refractivity contribution in [3.8, 4) is 0 Å². The number of dihydropyridines is 1. The van der Waals surface area contributed by atoms with Gasteiger partial charge in [-0.3, -0.25) is 0 Å². The lowest BCUT2D eigenvalue weighted by atomic mass is 9.89. The molecule has 1 aliphatic rings. The molecule has 0 aromatic heterocycles. The zero-order chi connectivity index (χ0) is 8.27. The SMILES string of the molecule is CC(C)[C@@H](C)C1C=CC=CN1. The van der Waals surface area contributed by atoms with Gasteiger partial charge in [-0.15, -0.1) is 0 Å². The van der Waals surface area contributed by atoms with E-state index in [-0.39, 0.29) is 0 Å². The van der Waals surface area contributed by atoms with Gasteiger partial charge in [0.05, 0.1) is 0 Å². The van der Waals surface area contributed by atoms with Gasteiger partial charge in [0.25, 0.3) is 0 Å². The Kier molecular flexibility index (Phi) is 2.75. The zero-order valence-corrected chi connectivity index (χ0v) is 7.54. The lowest BCUT2D eigenvalue weighted by Crippen LogP contribution is -2.33. The third kappa shape index (κ3) is 2.11. The summed E-state index contributed by atoms with van der Waals surface area (Å²) >= 11 is 0. The Bertz CT molecular complexity index is 168. The van der Waals surface area contributed by atoms with Crippen molar-refractivity contribution in [2.75, 3.05) is 0 Å². The van der Waals surface area contributed by atoms with Gasteiger partial charge in [0.15, 0.2) is 0 Å². The summed E-state index contributed by atoms with van der Waals surface area (Å²) < 4.78 is 0. The molecule has 1 heterocycles. The molecule has 0 aliphatic carbocycles. The monoisotopic (exact) mass is 151 g/mol. The first-order chi connectivity index (χ1) is 5.22. The number of hydrogen-bond donors (Lipinski definition) is 1. The largest absolute Gasteiger partial charge is 0.384 e. The van der Waals surface area contributed by atoms with Gasteiger partial charge in [-0.1, -0.05) is 32.9 Å².